The van der Waals surface area contributed by atoms with Crippen molar-refractivity contribution in [2.75, 3.05) is 23.3 Å². The predicted octanol–water partition coefficient (Wildman–Crippen LogP) is 1.94. The number of nitrogens with zero attached hydrogens (tertiary/aromatic N) is 6. The molecule has 31 heavy (non-hydrogen) atoms. The first-order valence-corrected chi connectivity index (χ1v) is 10.4. The fraction of sp³-hybridized carbons (Fsp3) is 0.524. The number of nitriles is 1. The molecule has 2 aliphatic rings. The maximum Gasteiger partial charge on any atom is 0.248 e. The fourth-order valence-electron chi connectivity index (χ4n) is 3.93. The molecule has 1 aliphatic heterocycles. The third-order valence-corrected chi connectivity index (χ3v) is 5.98. The number of hydrogen-bond donors (Lipinski definition) is 2. The van der Waals surface area contributed by atoms with E-state index in [1.165, 1.54) is 6.92 Å². The maximum absolute atomic E-state index is 13.0. The standard InChI is InChI=1S/C21H26N8O2/c1-14(30)24-13-20(2,3)29-11-16(10-25-29)26-19-23-8-6-17(27-19)28-9-7-21(12-22,18(28)31)15-4-5-15/h6,8,10-11,15H,4-5,7,9,13H2,1-3H3,(H,24,30)(H,23,26,27)/t21-/m1/s1. The van der Waals surface area contributed by atoms with Crippen LogP contribution in [0.4, 0.5) is 17.5 Å². The van der Waals surface area contributed by atoms with Crippen LogP contribution < -0.4 is 15.5 Å². The Morgan fingerprint density at radius 3 is 2.87 bits per heavy atom. The van der Waals surface area contributed by atoms with Crippen molar-refractivity contribution in [3.63, 3.8) is 0 Å². The van der Waals surface area contributed by atoms with Gasteiger partial charge in [-0.25, -0.2) is 4.98 Å². The van der Waals surface area contributed by atoms with Crippen molar-refractivity contribution < 1.29 is 9.59 Å². The van der Waals surface area contributed by atoms with Crippen molar-refractivity contribution in [3.8, 4) is 6.07 Å². The molecule has 0 radical (unpaired) electrons. The number of rotatable bonds is 7. The van der Waals surface area contributed by atoms with E-state index in [-0.39, 0.29) is 17.7 Å². The highest BCUT2D eigenvalue weighted by Gasteiger charge is 2.57. The predicted molar refractivity (Wildman–Crippen MR) is 113 cm³/mol. The van der Waals surface area contributed by atoms with Crippen molar-refractivity contribution in [2.45, 2.75) is 45.6 Å². The molecule has 0 aromatic carbocycles. The largest absolute Gasteiger partial charge is 0.354 e. The van der Waals surface area contributed by atoms with Crippen LogP contribution in [0.3, 0.4) is 0 Å². The normalized spacial score (nSPS) is 21.1. The fourth-order valence-corrected chi connectivity index (χ4v) is 3.93. The van der Waals surface area contributed by atoms with Gasteiger partial charge in [-0.2, -0.15) is 15.3 Å². The molecular weight excluding hydrogens is 396 g/mol. The minimum Gasteiger partial charge on any atom is -0.354 e. The molecule has 3 heterocycles. The molecule has 10 nitrogen and oxygen atoms in total. The van der Waals surface area contributed by atoms with Gasteiger partial charge in [-0.1, -0.05) is 0 Å². The van der Waals surface area contributed by atoms with Gasteiger partial charge in [0.15, 0.2) is 0 Å². The lowest BCUT2D eigenvalue weighted by atomic mass is 9.83. The van der Waals surface area contributed by atoms with Crippen LogP contribution in [0.25, 0.3) is 0 Å². The summed E-state index contributed by atoms with van der Waals surface area (Å²) in [5.74, 6) is 0.738. The summed E-state index contributed by atoms with van der Waals surface area (Å²) in [6.45, 7) is 6.34. The number of anilines is 3. The minimum atomic E-state index is -0.904. The average molecular weight is 422 g/mol. The van der Waals surface area contributed by atoms with Gasteiger partial charge in [0.2, 0.25) is 17.8 Å². The topological polar surface area (TPSA) is 129 Å². The van der Waals surface area contributed by atoms with Gasteiger partial charge in [0.25, 0.3) is 0 Å². The highest BCUT2D eigenvalue weighted by molar-refractivity contribution is 6.01. The lowest BCUT2D eigenvalue weighted by molar-refractivity contribution is -0.124. The van der Waals surface area contributed by atoms with Crippen LogP contribution in [0, 0.1) is 22.7 Å². The van der Waals surface area contributed by atoms with Crippen LogP contribution in [-0.4, -0.2) is 44.7 Å². The molecule has 1 saturated carbocycles. The first-order chi connectivity index (χ1) is 14.7. The van der Waals surface area contributed by atoms with Crippen LogP contribution in [0.5, 0.6) is 0 Å². The zero-order valence-corrected chi connectivity index (χ0v) is 17.9. The second-order valence-corrected chi connectivity index (χ2v) is 8.82. The van der Waals surface area contributed by atoms with Crippen LogP contribution in [-0.2, 0) is 15.1 Å². The highest BCUT2D eigenvalue weighted by Crippen LogP contribution is 2.51. The molecule has 1 atom stereocenters. The molecule has 162 valence electrons. The van der Waals surface area contributed by atoms with Crippen molar-refractivity contribution in [2.24, 2.45) is 11.3 Å². The van der Waals surface area contributed by atoms with Crippen molar-refractivity contribution >= 4 is 29.3 Å². The third kappa shape index (κ3) is 3.95. The van der Waals surface area contributed by atoms with E-state index < -0.39 is 11.0 Å². The van der Waals surface area contributed by atoms with E-state index >= 15 is 0 Å². The molecule has 0 spiro atoms. The average Bonchev–Trinajstić information content (AvgIpc) is 3.39. The molecule has 2 aromatic rings. The lowest BCUT2D eigenvalue weighted by Gasteiger charge is -2.25. The Labute approximate surface area is 180 Å². The number of carbonyl (C=O) groups is 2. The third-order valence-electron chi connectivity index (χ3n) is 5.98. The quantitative estimate of drug-likeness (QED) is 0.697. The second-order valence-electron chi connectivity index (χ2n) is 8.82. The summed E-state index contributed by atoms with van der Waals surface area (Å²) in [4.78, 5) is 34.6. The van der Waals surface area contributed by atoms with Crippen LogP contribution in [0.2, 0.25) is 0 Å². The monoisotopic (exact) mass is 422 g/mol. The molecular formula is C21H26N8O2. The van der Waals surface area contributed by atoms with E-state index in [1.807, 2.05) is 20.0 Å². The van der Waals surface area contributed by atoms with E-state index in [0.29, 0.717) is 37.0 Å². The Morgan fingerprint density at radius 1 is 1.42 bits per heavy atom. The Hall–Kier alpha value is -3.48. The van der Waals surface area contributed by atoms with E-state index in [9.17, 15) is 14.9 Å². The minimum absolute atomic E-state index is 0.0950. The van der Waals surface area contributed by atoms with Crippen molar-refractivity contribution in [3.05, 3.63) is 24.7 Å². The van der Waals surface area contributed by atoms with Gasteiger partial charge >= 0.3 is 0 Å². The molecule has 10 heteroatoms. The summed E-state index contributed by atoms with van der Waals surface area (Å²) < 4.78 is 1.76. The second kappa shape index (κ2) is 7.65. The Kier molecular flexibility index (Phi) is 5.13. The van der Waals surface area contributed by atoms with Gasteiger partial charge in [-0.3, -0.25) is 19.2 Å². The summed E-state index contributed by atoms with van der Waals surface area (Å²) in [6.07, 6.45) is 7.47. The zero-order valence-electron chi connectivity index (χ0n) is 17.9. The molecule has 2 amide bonds. The smallest absolute Gasteiger partial charge is 0.248 e. The number of aromatic nitrogens is 4. The molecule has 2 aromatic heterocycles. The molecule has 2 fully saturated rings. The Bertz CT molecular complexity index is 1050. The Balaban J connectivity index is 1.48. The van der Waals surface area contributed by atoms with Gasteiger partial charge < -0.3 is 10.6 Å². The van der Waals surface area contributed by atoms with Gasteiger partial charge in [0, 0.05) is 32.4 Å². The SMILES string of the molecule is CC(=O)NCC(C)(C)n1cc(Nc2nccc(N3CC[C@@](C#N)(C4CC4)C3=O)n2)cn1. The number of carbonyl (C=O) groups excluding carboxylic acids is 2. The summed E-state index contributed by atoms with van der Waals surface area (Å²) in [5.41, 5.74) is -0.635. The first-order valence-electron chi connectivity index (χ1n) is 10.4. The van der Waals surface area contributed by atoms with Gasteiger partial charge in [-0.05, 0) is 45.1 Å². The molecule has 4 rings (SSSR count). The summed E-state index contributed by atoms with van der Waals surface area (Å²) >= 11 is 0. The van der Waals surface area contributed by atoms with E-state index in [4.69, 9.17) is 0 Å². The molecule has 1 saturated heterocycles. The number of hydrogen-bond acceptors (Lipinski definition) is 7. The van der Waals surface area contributed by atoms with Gasteiger partial charge in [-0.15, -0.1) is 0 Å². The van der Waals surface area contributed by atoms with E-state index in [1.54, 1.807) is 28.0 Å². The molecule has 0 bridgehead atoms. The summed E-state index contributed by atoms with van der Waals surface area (Å²) in [6, 6.07) is 3.97. The van der Waals surface area contributed by atoms with Crippen LogP contribution in [0.15, 0.2) is 24.7 Å². The lowest BCUT2D eigenvalue weighted by Crippen LogP contribution is -2.40. The van der Waals surface area contributed by atoms with E-state index in [2.05, 4.69) is 31.8 Å². The Morgan fingerprint density at radius 2 is 2.19 bits per heavy atom. The number of nitrogens with one attached hydrogen (secondary N) is 2. The van der Waals surface area contributed by atoms with Gasteiger partial charge in [0.05, 0.1) is 23.5 Å². The van der Waals surface area contributed by atoms with E-state index in [0.717, 1.165) is 12.8 Å². The maximum atomic E-state index is 13.0. The molecule has 2 N–H and O–H groups in total. The highest BCUT2D eigenvalue weighted by atomic mass is 16.2. The zero-order chi connectivity index (χ0) is 22.2. The molecule has 1 aliphatic carbocycles. The summed E-state index contributed by atoms with van der Waals surface area (Å²) in [5, 5.41) is 20.0. The van der Waals surface area contributed by atoms with Crippen LogP contribution >= 0.6 is 0 Å². The summed E-state index contributed by atoms with van der Waals surface area (Å²) in [7, 11) is 0. The van der Waals surface area contributed by atoms with Gasteiger partial charge in [0.1, 0.15) is 11.2 Å². The van der Waals surface area contributed by atoms with Crippen molar-refractivity contribution in [1.29, 1.82) is 5.26 Å². The first kappa shape index (κ1) is 20.8. The number of amides is 2. The van der Waals surface area contributed by atoms with Crippen LogP contribution in [0.1, 0.15) is 40.0 Å². The molecule has 0 unspecified atom stereocenters. The van der Waals surface area contributed by atoms with Crippen molar-refractivity contribution in [1.82, 2.24) is 25.1 Å².